The van der Waals surface area contributed by atoms with Crippen LogP contribution in [0.2, 0.25) is 0 Å². The predicted molar refractivity (Wildman–Crippen MR) is 122 cm³/mol. The lowest BCUT2D eigenvalue weighted by Crippen LogP contribution is -1.95. The maximum Gasteiger partial charge on any atom is 0.219 e. The third-order valence-electron chi connectivity index (χ3n) is 4.51. The molecule has 0 spiro atoms. The Morgan fingerprint density at radius 1 is 1.10 bits per heavy atom. The van der Waals surface area contributed by atoms with Crippen molar-refractivity contribution >= 4 is 45.0 Å². The summed E-state index contributed by atoms with van der Waals surface area (Å²) >= 11 is 3.25. The van der Waals surface area contributed by atoms with Crippen molar-refractivity contribution in [1.82, 2.24) is 15.0 Å². The van der Waals surface area contributed by atoms with Gasteiger partial charge in [0.2, 0.25) is 5.95 Å². The number of hydrogen-bond donors (Lipinski definition) is 2. The number of halogens is 1. The van der Waals surface area contributed by atoms with Gasteiger partial charge in [-0.15, -0.1) is 23.1 Å². The Labute approximate surface area is 181 Å². The average molecular weight is 442 g/mol. The Hall–Kier alpha value is -2.75. The molecule has 3 heterocycles. The van der Waals surface area contributed by atoms with Gasteiger partial charge in [0, 0.05) is 42.8 Å². The van der Waals surface area contributed by atoms with Crippen LogP contribution in [0.15, 0.2) is 46.9 Å². The fourth-order valence-electron chi connectivity index (χ4n) is 3.05. The van der Waals surface area contributed by atoms with E-state index < -0.39 is 0 Å². The number of nitrogens with zero attached hydrogens (tertiary/aromatic N) is 3. The first-order chi connectivity index (χ1) is 14.6. The van der Waals surface area contributed by atoms with Crippen LogP contribution in [0.3, 0.4) is 0 Å². The summed E-state index contributed by atoms with van der Waals surface area (Å²) in [6, 6.07) is 8.31. The predicted octanol–water partition coefficient (Wildman–Crippen LogP) is 4.85. The van der Waals surface area contributed by atoms with Crippen molar-refractivity contribution < 1.29 is 9.13 Å². The number of fused-ring (bicyclic) bond motifs is 1. The molecule has 0 radical (unpaired) electrons. The van der Waals surface area contributed by atoms with Crippen molar-refractivity contribution in [3.05, 3.63) is 48.5 Å². The largest absolute Gasteiger partial charge is 0.397 e. The first kappa shape index (κ1) is 20.5. The van der Waals surface area contributed by atoms with E-state index in [1.807, 2.05) is 6.07 Å². The van der Waals surface area contributed by atoms with E-state index in [1.165, 1.54) is 12.1 Å². The molecule has 4 N–H and O–H groups in total. The molecule has 30 heavy (non-hydrogen) atoms. The smallest absolute Gasteiger partial charge is 0.219 e. The van der Waals surface area contributed by atoms with E-state index >= 15 is 0 Å². The van der Waals surface area contributed by atoms with Crippen molar-refractivity contribution in [3.63, 3.8) is 0 Å². The lowest BCUT2D eigenvalue weighted by molar-refractivity contribution is 0.200. The topological polar surface area (TPSA) is 99.9 Å². The van der Waals surface area contributed by atoms with Gasteiger partial charge in [-0.25, -0.2) is 19.3 Å². The minimum Gasteiger partial charge on any atom is -0.397 e. The van der Waals surface area contributed by atoms with E-state index in [1.54, 1.807) is 54.7 Å². The summed E-state index contributed by atoms with van der Waals surface area (Å²) in [5, 5.41) is 0.876. The van der Waals surface area contributed by atoms with Gasteiger partial charge in [-0.1, -0.05) is 12.1 Å². The van der Waals surface area contributed by atoms with Crippen LogP contribution in [-0.2, 0) is 4.74 Å². The van der Waals surface area contributed by atoms with Gasteiger partial charge in [0.1, 0.15) is 10.6 Å². The Morgan fingerprint density at radius 2 is 1.83 bits per heavy atom. The summed E-state index contributed by atoms with van der Waals surface area (Å²) in [4.78, 5) is 13.8. The highest BCUT2D eigenvalue weighted by molar-refractivity contribution is 8.01. The van der Waals surface area contributed by atoms with Crippen LogP contribution in [0.25, 0.3) is 32.6 Å². The number of methoxy groups -OCH3 is 1. The van der Waals surface area contributed by atoms with E-state index in [0.717, 1.165) is 43.3 Å². The first-order valence-electron chi connectivity index (χ1n) is 9.25. The molecular formula is C21H20FN5OS2. The van der Waals surface area contributed by atoms with Crippen LogP contribution in [0, 0.1) is 5.82 Å². The number of anilines is 2. The highest BCUT2D eigenvalue weighted by Gasteiger charge is 2.18. The molecule has 4 rings (SSSR count). The van der Waals surface area contributed by atoms with Gasteiger partial charge in [0.25, 0.3) is 0 Å². The Bertz CT molecular complexity index is 1160. The Morgan fingerprint density at radius 3 is 2.53 bits per heavy atom. The Balaban J connectivity index is 1.85. The number of ether oxygens (including phenoxy) is 1. The number of hydrogen-bond acceptors (Lipinski definition) is 8. The lowest BCUT2D eigenvalue weighted by Gasteiger charge is -2.09. The van der Waals surface area contributed by atoms with Crippen molar-refractivity contribution in [3.8, 4) is 22.4 Å². The lowest BCUT2D eigenvalue weighted by atomic mass is 10.0. The van der Waals surface area contributed by atoms with Crippen LogP contribution in [-0.4, -0.2) is 34.4 Å². The van der Waals surface area contributed by atoms with E-state index in [0.29, 0.717) is 18.0 Å². The zero-order valence-electron chi connectivity index (χ0n) is 16.3. The molecule has 1 aromatic carbocycles. The molecule has 6 nitrogen and oxygen atoms in total. The normalized spacial score (nSPS) is 11.3. The number of nitrogens with two attached hydrogens (primary N) is 2. The quantitative estimate of drug-likeness (QED) is 0.312. The molecule has 0 saturated heterocycles. The summed E-state index contributed by atoms with van der Waals surface area (Å²) in [7, 11) is 1.69. The van der Waals surface area contributed by atoms with Crippen LogP contribution >= 0.6 is 23.1 Å². The third-order valence-corrected chi connectivity index (χ3v) is 6.99. The number of nitrogen functional groups attached to an aromatic ring is 2. The molecule has 0 aliphatic rings. The second-order valence-corrected chi connectivity index (χ2v) is 8.93. The van der Waals surface area contributed by atoms with Crippen molar-refractivity contribution in [2.24, 2.45) is 0 Å². The Kier molecular flexibility index (Phi) is 6.12. The van der Waals surface area contributed by atoms with Crippen molar-refractivity contribution in [2.75, 3.05) is 30.9 Å². The number of thioether (sulfide) groups is 1. The summed E-state index contributed by atoms with van der Waals surface area (Å²) in [6.07, 6.45) is 4.21. The minimum absolute atomic E-state index is 0.202. The molecule has 0 aliphatic heterocycles. The minimum atomic E-state index is -0.288. The van der Waals surface area contributed by atoms with Gasteiger partial charge in [-0.2, -0.15) is 0 Å². The molecule has 4 aromatic rings. The van der Waals surface area contributed by atoms with Crippen LogP contribution < -0.4 is 11.5 Å². The zero-order valence-corrected chi connectivity index (χ0v) is 17.9. The molecule has 0 unspecified atom stereocenters. The summed E-state index contributed by atoms with van der Waals surface area (Å²) in [5.41, 5.74) is 16.1. The molecule has 9 heteroatoms. The van der Waals surface area contributed by atoms with Gasteiger partial charge in [0.05, 0.1) is 15.6 Å². The van der Waals surface area contributed by atoms with Crippen LogP contribution in [0.1, 0.15) is 6.42 Å². The fraction of sp³-hybridized carbons (Fsp3) is 0.190. The van der Waals surface area contributed by atoms with Gasteiger partial charge in [-0.3, -0.25) is 0 Å². The van der Waals surface area contributed by atoms with E-state index in [-0.39, 0.29) is 11.8 Å². The number of aromatic nitrogens is 3. The third kappa shape index (κ3) is 4.23. The second kappa shape index (κ2) is 8.95. The van der Waals surface area contributed by atoms with Crippen LogP contribution in [0.5, 0.6) is 0 Å². The molecule has 0 bridgehead atoms. The maximum absolute atomic E-state index is 13.5. The number of thiophene rings is 1. The number of benzene rings is 1. The molecule has 3 aromatic heterocycles. The standard InChI is InChI=1S/C21H20FN5OS2/c1-28-7-2-8-29-20-18(23)17-15(12-3-5-14(22)6-4-12)9-16(27-19(17)30-20)13-10-25-21(24)26-11-13/h3-6,9-11H,2,7-8,23H2,1H3,(H2,24,25,26). The van der Waals surface area contributed by atoms with Crippen molar-refractivity contribution in [1.29, 1.82) is 0 Å². The van der Waals surface area contributed by atoms with Crippen molar-refractivity contribution in [2.45, 2.75) is 10.6 Å². The molecule has 154 valence electrons. The molecule has 0 atom stereocenters. The summed E-state index contributed by atoms with van der Waals surface area (Å²) in [6.45, 7) is 0.707. The molecular weight excluding hydrogens is 421 g/mol. The van der Waals surface area contributed by atoms with Gasteiger partial charge < -0.3 is 16.2 Å². The molecule has 0 amide bonds. The molecule has 0 fully saturated rings. The fourth-order valence-corrected chi connectivity index (χ4v) is 5.33. The van der Waals surface area contributed by atoms with Crippen LogP contribution in [0.4, 0.5) is 16.0 Å². The maximum atomic E-state index is 13.5. The molecule has 0 saturated carbocycles. The second-order valence-electron chi connectivity index (χ2n) is 6.57. The number of rotatable bonds is 7. The highest BCUT2D eigenvalue weighted by Crippen LogP contribution is 2.45. The van der Waals surface area contributed by atoms with E-state index in [9.17, 15) is 4.39 Å². The van der Waals surface area contributed by atoms with Gasteiger partial charge in [-0.05, 0) is 35.7 Å². The SMILES string of the molecule is COCCCSc1sc2nc(-c3cnc(N)nc3)cc(-c3ccc(F)cc3)c2c1N. The summed E-state index contributed by atoms with van der Waals surface area (Å²) < 4.78 is 19.6. The number of pyridine rings is 1. The average Bonchev–Trinajstić information content (AvgIpc) is 3.07. The van der Waals surface area contributed by atoms with E-state index in [4.69, 9.17) is 21.2 Å². The van der Waals surface area contributed by atoms with Gasteiger partial charge >= 0.3 is 0 Å². The first-order valence-corrected chi connectivity index (χ1v) is 11.1. The monoisotopic (exact) mass is 441 g/mol. The molecule has 0 aliphatic carbocycles. The van der Waals surface area contributed by atoms with Gasteiger partial charge in [0.15, 0.2) is 0 Å². The highest BCUT2D eigenvalue weighted by atomic mass is 32.2. The van der Waals surface area contributed by atoms with E-state index in [2.05, 4.69) is 9.97 Å². The zero-order chi connectivity index (χ0) is 21.1. The summed E-state index contributed by atoms with van der Waals surface area (Å²) in [5.74, 6) is 0.813.